The number of hydrogen-bond donors (Lipinski definition) is 1. The predicted octanol–water partition coefficient (Wildman–Crippen LogP) is 2.74. The fourth-order valence-electron chi connectivity index (χ4n) is 4.06. The van der Waals surface area contributed by atoms with E-state index in [0.717, 1.165) is 11.2 Å². The number of methoxy groups -OCH3 is 1. The Labute approximate surface area is 207 Å². The Balaban J connectivity index is 1.99. The lowest BCUT2D eigenvalue weighted by atomic mass is 9.81. The molecule has 0 saturated heterocycles. The van der Waals surface area contributed by atoms with Crippen molar-refractivity contribution in [3.05, 3.63) is 83.2 Å². The van der Waals surface area contributed by atoms with Crippen LogP contribution in [0, 0.1) is 17.1 Å². The van der Waals surface area contributed by atoms with Gasteiger partial charge in [0.1, 0.15) is 17.3 Å². The Hall–Kier alpha value is -4.43. The molecule has 0 aliphatic carbocycles. The molecule has 1 amide bonds. The molecule has 11 heteroatoms. The van der Waals surface area contributed by atoms with Crippen LogP contribution >= 0.6 is 0 Å². The summed E-state index contributed by atoms with van der Waals surface area (Å²) in [6.45, 7) is 0. The molecule has 1 aliphatic heterocycles. The van der Waals surface area contributed by atoms with Crippen LogP contribution in [-0.4, -0.2) is 45.6 Å². The molecule has 1 unspecified atom stereocenters. The number of nitrogens with zero attached hydrogens (tertiary/aromatic N) is 3. The number of hydrogen-bond acceptors (Lipinski definition) is 8. The minimum absolute atomic E-state index is 0.0348. The normalized spacial score (nSPS) is 17.5. The quantitative estimate of drug-likeness (QED) is 0.506. The third-order valence-corrected chi connectivity index (χ3v) is 6.26. The number of nitriles is 1. The second-order valence-corrected chi connectivity index (χ2v) is 9.65. The van der Waals surface area contributed by atoms with Crippen molar-refractivity contribution in [1.82, 2.24) is 4.90 Å². The van der Waals surface area contributed by atoms with Crippen molar-refractivity contribution in [3.8, 4) is 28.7 Å². The van der Waals surface area contributed by atoms with Gasteiger partial charge in [0.05, 0.1) is 25.0 Å². The van der Waals surface area contributed by atoms with Crippen LogP contribution in [0.3, 0.4) is 0 Å². The van der Waals surface area contributed by atoms with Gasteiger partial charge in [-0.3, -0.25) is 9.69 Å². The summed E-state index contributed by atoms with van der Waals surface area (Å²) in [5.41, 5.74) is 5.26. The topological polar surface area (TPSA) is 135 Å². The molecule has 4 rings (SSSR count). The molecule has 3 aromatic carbocycles. The third kappa shape index (κ3) is 4.23. The number of amides is 1. The number of nitrogens with two attached hydrogens (primary N) is 1. The molecule has 1 atom stereocenters. The van der Waals surface area contributed by atoms with Gasteiger partial charge in [-0.2, -0.15) is 13.7 Å². The zero-order chi connectivity index (χ0) is 26.3. The van der Waals surface area contributed by atoms with Gasteiger partial charge in [0.2, 0.25) is 0 Å². The van der Waals surface area contributed by atoms with Crippen molar-refractivity contribution >= 4 is 22.0 Å². The maximum Gasteiger partial charge on any atom is 0.306 e. The number of carbonyl (C=O) groups is 1. The van der Waals surface area contributed by atoms with Crippen LogP contribution in [0.1, 0.15) is 16.7 Å². The van der Waals surface area contributed by atoms with E-state index in [2.05, 4.69) is 4.99 Å². The van der Waals surface area contributed by atoms with Crippen molar-refractivity contribution in [2.24, 2.45) is 10.7 Å². The molecule has 3 aromatic rings. The van der Waals surface area contributed by atoms with Crippen molar-refractivity contribution in [2.75, 3.05) is 20.4 Å². The monoisotopic (exact) mass is 508 g/mol. The highest BCUT2D eigenvalue weighted by molar-refractivity contribution is 7.86. The zero-order valence-electron chi connectivity index (χ0n) is 19.5. The summed E-state index contributed by atoms with van der Waals surface area (Å²) in [5.74, 6) is -0.885. The van der Waals surface area contributed by atoms with Crippen LogP contribution in [0.2, 0.25) is 0 Å². The first-order valence-electron chi connectivity index (χ1n) is 10.5. The van der Waals surface area contributed by atoms with Crippen molar-refractivity contribution in [1.29, 1.82) is 5.26 Å². The number of halogens is 1. The molecular formula is C25H21FN4O5S. The predicted molar refractivity (Wildman–Crippen MR) is 130 cm³/mol. The van der Waals surface area contributed by atoms with Gasteiger partial charge in [0.25, 0.3) is 5.91 Å². The number of ether oxygens (including phenoxy) is 1. The molecular weight excluding hydrogens is 487 g/mol. The molecule has 2 N–H and O–H groups in total. The maximum atomic E-state index is 15.1. The summed E-state index contributed by atoms with van der Waals surface area (Å²) >= 11 is 0. The molecule has 0 spiro atoms. The van der Waals surface area contributed by atoms with Gasteiger partial charge in [-0.05, 0) is 53.6 Å². The Morgan fingerprint density at radius 3 is 2.39 bits per heavy atom. The lowest BCUT2D eigenvalue weighted by Crippen LogP contribution is -2.41. The summed E-state index contributed by atoms with van der Waals surface area (Å²) in [7, 11) is -0.956. The zero-order valence-corrected chi connectivity index (χ0v) is 20.3. The van der Waals surface area contributed by atoms with Crippen LogP contribution in [0.15, 0.2) is 65.7 Å². The first-order chi connectivity index (χ1) is 17.0. The maximum absolute atomic E-state index is 15.1. The summed E-state index contributed by atoms with van der Waals surface area (Å²) in [5, 5.41) is 9.60. The van der Waals surface area contributed by atoms with E-state index in [0.29, 0.717) is 5.75 Å². The first-order valence-corrected chi connectivity index (χ1v) is 12.3. The van der Waals surface area contributed by atoms with Crippen molar-refractivity contribution in [3.63, 3.8) is 0 Å². The first kappa shape index (κ1) is 24.7. The van der Waals surface area contributed by atoms with E-state index in [1.54, 1.807) is 12.1 Å². The fourth-order valence-corrected chi connectivity index (χ4v) is 4.51. The Kier molecular flexibility index (Phi) is 6.16. The fraction of sp³-hybridized carbons (Fsp3) is 0.160. The van der Waals surface area contributed by atoms with Gasteiger partial charge in [-0.15, -0.1) is 0 Å². The number of likely N-dealkylation sites (N-methyl/N-ethyl adjacent to an activating group) is 1. The molecule has 0 radical (unpaired) electrons. The Morgan fingerprint density at radius 2 is 1.78 bits per heavy atom. The molecule has 1 aliphatic rings. The number of carbonyl (C=O) groups excluding carboxylic acids is 1. The van der Waals surface area contributed by atoms with Crippen LogP contribution < -0.4 is 14.7 Å². The lowest BCUT2D eigenvalue weighted by molar-refractivity contribution is -0.129. The number of benzene rings is 3. The second kappa shape index (κ2) is 8.98. The average molecular weight is 509 g/mol. The van der Waals surface area contributed by atoms with Gasteiger partial charge < -0.3 is 14.7 Å². The highest BCUT2D eigenvalue weighted by Crippen LogP contribution is 2.42. The highest BCUT2D eigenvalue weighted by Gasteiger charge is 2.50. The Morgan fingerprint density at radius 1 is 1.06 bits per heavy atom. The van der Waals surface area contributed by atoms with Crippen LogP contribution in [-0.2, 0) is 20.5 Å². The number of guanidine groups is 1. The standard InChI is InChI=1S/C25H21FN4O5S/c1-30-23(31)25(29-24(30)28,16-5-4-6-19(11-16)35-36(3,32)33)17-8-10-22(26)21(12-17)20-13-18(34-2)9-7-15(20)14-27/h4-13H,1-3H3,(H2,28,29). The molecule has 184 valence electrons. The average Bonchev–Trinajstić information content (AvgIpc) is 3.07. The van der Waals surface area contributed by atoms with E-state index in [-0.39, 0.29) is 39.5 Å². The second-order valence-electron chi connectivity index (χ2n) is 8.08. The molecule has 0 aromatic heterocycles. The van der Waals surface area contributed by atoms with Gasteiger partial charge in [0.15, 0.2) is 11.5 Å². The largest absolute Gasteiger partial charge is 0.497 e. The SMILES string of the molecule is COc1ccc(C#N)c(-c2cc(C3(c4cccc(OS(C)(=O)=O)c4)N=C(N)N(C)C3=O)ccc2F)c1. The van der Waals surface area contributed by atoms with Crippen molar-refractivity contribution in [2.45, 2.75) is 5.54 Å². The smallest absolute Gasteiger partial charge is 0.306 e. The summed E-state index contributed by atoms with van der Waals surface area (Å²) in [6.07, 6.45) is 0.896. The number of rotatable bonds is 6. The van der Waals surface area contributed by atoms with Gasteiger partial charge >= 0.3 is 10.1 Å². The molecule has 0 bridgehead atoms. The third-order valence-electron chi connectivity index (χ3n) is 5.76. The van der Waals surface area contributed by atoms with E-state index in [1.807, 2.05) is 6.07 Å². The van der Waals surface area contributed by atoms with E-state index in [9.17, 15) is 18.5 Å². The summed E-state index contributed by atoms with van der Waals surface area (Å²) < 4.78 is 48.7. The number of aliphatic imine (C=N–C) groups is 1. The van der Waals surface area contributed by atoms with Gasteiger partial charge in [0, 0.05) is 18.2 Å². The van der Waals surface area contributed by atoms with E-state index in [1.165, 1.54) is 62.7 Å². The van der Waals surface area contributed by atoms with E-state index >= 15 is 4.39 Å². The van der Waals surface area contributed by atoms with E-state index in [4.69, 9.17) is 14.7 Å². The minimum Gasteiger partial charge on any atom is -0.497 e. The molecule has 1 heterocycles. The molecule has 0 saturated carbocycles. The Bertz CT molecular complexity index is 1560. The van der Waals surface area contributed by atoms with Gasteiger partial charge in [-0.25, -0.2) is 9.38 Å². The summed E-state index contributed by atoms with van der Waals surface area (Å²) in [4.78, 5) is 19.2. The summed E-state index contributed by atoms with van der Waals surface area (Å²) in [6, 6.07) is 16.5. The highest BCUT2D eigenvalue weighted by atomic mass is 32.2. The van der Waals surface area contributed by atoms with E-state index < -0.39 is 27.4 Å². The van der Waals surface area contributed by atoms with Gasteiger partial charge in [-0.1, -0.05) is 18.2 Å². The van der Waals surface area contributed by atoms with Crippen LogP contribution in [0.4, 0.5) is 4.39 Å². The molecule has 36 heavy (non-hydrogen) atoms. The minimum atomic E-state index is -3.85. The van der Waals surface area contributed by atoms with Crippen LogP contribution in [0.5, 0.6) is 11.5 Å². The molecule has 0 fully saturated rings. The molecule has 9 nitrogen and oxygen atoms in total. The van der Waals surface area contributed by atoms with Crippen LogP contribution in [0.25, 0.3) is 11.1 Å². The lowest BCUT2D eigenvalue weighted by Gasteiger charge is -2.27. The van der Waals surface area contributed by atoms with Crippen molar-refractivity contribution < 1.29 is 26.5 Å².